The summed E-state index contributed by atoms with van der Waals surface area (Å²) in [5.74, 6) is 0.638. The van der Waals surface area contributed by atoms with Gasteiger partial charge in [0.1, 0.15) is 18.2 Å². The fraction of sp³-hybridized carbons (Fsp3) is 0.300. The highest BCUT2D eigenvalue weighted by atomic mass is 35.5. The molecule has 164 valence electrons. The van der Waals surface area contributed by atoms with Crippen LogP contribution in [0.4, 0.5) is 15.9 Å². The minimum Gasteiger partial charge on any atom is -0.493 e. The normalized spacial score (nSPS) is 17.1. The average molecular weight is 467 g/mol. The maximum Gasteiger partial charge on any atom is 0.211 e. The van der Waals surface area contributed by atoms with E-state index < -0.39 is 15.8 Å². The third kappa shape index (κ3) is 4.51. The van der Waals surface area contributed by atoms with Crippen LogP contribution >= 0.6 is 11.6 Å². The smallest absolute Gasteiger partial charge is 0.211 e. The molecular formula is C20H20ClFN4O4S. The van der Waals surface area contributed by atoms with E-state index in [0.29, 0.717) is 41.2 Å². The van der Waals surface area contributed by atoms with E-state index in [0.717, 1.165) is 0 Å². The molecule has 1 aliphatic heterocycles. The Morgan fingerprint density at radius 1 is 1.26 bits per heavy atom. The van der Waals surface area contributed by atoms with Crippen LogP contribution in [0.5, 0.6) is 11.5 Å². The molecule has 0 aliphatic carbocycles. The maximum atomic E-state index is 14.4. The molecule has 11 heteroatoms. The molecule has 1 fully saturated rings. The monoisotopic (exact) mass is 466 g/mol. The Morgan fingerprint density at radius 2 is 2.06 bits per heavy atom. The number of fused-ring (bicyclic) bond motifs is 1. The van der Waals surface area contributed by atoms with Crippen molar-refractivity contribution in [3.05, 3.63) is 47.5 Å². The van der Waals surface area contributed by atoms with E-state index in [1.54, 1.807) is 24.3 Å². The van der Waals surface area contributed by atoms with Gasteiger partial charge >= 0.3 is 0 Å². The van der Waals surface area contributed by atoms with Crippen molar-refractivity contribution in [1.29, 1.82) is 0 Å². The number of methoxy groups -OCH3 is 1. The predicted octanol–water partition coefficient (Wildman–Crippen LogP) is 3.59. The molecule has 31 heavy (non-hydrogen) atoms. The van der Waals surface area contributed by atoms with Crippen LogP contribution in [0.15, 0.2) is 36.7 Å². The zero-order valence-corrected chi connectivity index (χ0v) is 18.4. The van der Waals surface area contributed by atoms with Crippen molar-refractivity contribution in [1.82, 2.24) is 14.3 Å². The van der Waals surface area contributed by atoms with Crippen molar-refractivity contribution in [2.45, 2.75) is 12.5 Å². The van der Waals surface area contributed by atoms with Crippen LogP contribution in [0.2, 0.25) is 5.02 Å². The predicted molar refractivity (Wildman–Crippen MR) is 116 cm³/mol. The van der Waals surface area contributed by atoms with Crippen LogP contribution in [-0.2, 0) is 10.0 Å². The summed E-state index contributed by atoms with van der Waals surface area (Å²) in [5, 5.41) is 3.52. The number of rotatable bonds is 6. The number of halogens is 2. The molecular weight excluding hydrogens is 447 g/mol. The molecule has 1 aliphatic rings. The van der Waals surface area contributed by atoms with Crippen LogP contribution < -0.4 is 14.8 Å². The Balaban J connectivity index is 1.68. The van der Waals surface area contributed by atoms with Gasteiger partial charge in [0, 0.05) is 18.0 Å². The Hall–Kier alpha value is -2.69. The number of hydrogen-bond donors (Lipinski definition) is 1. The van der Waals surface area contributed by atoms with Crippen LogP contribution in [0.25, 0.3) is 10.9 Å². The summed E-state index contributed by atoms with van der Waals surface area (Å²) in [6, 6.07) is 8.02. The number of ether oxygens (including phenoxy) is 2. The first kappa shape index (κ1) is 21.5. The minimum absolute atomic E-state index is 0.00860. The second-order valence-corrected chi connectivity index (χ2v) is 9.51. The first-order valence-electron chi connectivity index (χ1n) is 9.42. The number of aromatic nitrogens is 2. The van der Waals surface area contributed by atoms with Gasteiger partial charge in [-0.2, -0.15) is 4.31 Å². The van der Waals surface area contributed by atoms with Crippen LogP contribution in [-0.4, -0.2) is 55.3 Å². The van der Waals surface area contributed by atoms with Crippen molar-refractivity contribution >= 4 is 44.0 Å². The third-order valence-corrected chi connectivity index (χ3v) is 6.56. The van der Waals surface area contributed by atoms with E-state index in [1.165, 1.54) is 30.1 Å². The fourth-order valence-electron chi connectivity index (χ4n) is 3.42. The highest BCUT2D eigenvalue weighted by Gasteiger charge is 2.30. The topological polar surface area (TPSA) is 93.7 Å². The first-order chi connectivity index (χ1) is 14.8. The number of benzene rings is 2. The molecule has 8 nitrogen and oxygen atoms in total. The lowest BCUT2D eigenvalue weighted by atomic mass is 10.2. The van der Waals surface area contributed by atoms with Crippen molar-refractivity contribution in [2.24, 2.45) is 0 Å². The van der Waals surface area contributed by atoms with Gasteiger partial charge in [-0.15, -0.1) is 0 Å². The lowest BCUT2D eigenvalue weighted by molar-refractivity contribution is 0.206. The van der Waals surface area contributed by atoms with Gasteiger partial charge < -0.3 is 14.8 Å². The van der Waals surface area contributed by atoms with Crippen molar-refractivity contribution in [2.75, 3.05) is 31.8 Å². The van der Waals surface area contributed by atoms with Gasteiger partial charge in [0.25, 0.3) is 0 Å². The van der Waals surface area contributed by atoms with Crippen molar-refractivity contribution in [3.63, 3.8) is 0 Å². The molecule has 1 aromatic heterocycles. The summed E-state index contributed by atoms with van der Waals surface area (Å²) >= 11 is 5.87. The molecule has 1 N–H and O–H groups in total. The van der Waals surface area contributed by atoms with Crippen LogP contribution in [0.1, 0.15) is 6.42 Å². The second-order valence-electron chi connectivity index (χ2n) is 7.12. The maximum absolute atomic E-state index is 14.4. The lowest BCUT2D eigenvalue weighted by Gasteiger charge is -2.18. The third-order valence-electron chi connectivity index (χ3n) is 5.00. The van der Waals surface area contributed by atoms with Gasteiger partial charge in [-0.25, -0.2) is 22.8 Å². The van der Waals surface area contributed by atoms with Gasteiger partial charge in [-0.1, -0.05) is 17.7 Å². The van der Waals surface area contributed by atoms with Gasteiger partial charge in [0.05, 0.1) is 36.1 Å². The van der Waals surface area contributed by atoms with Crippen LogP contribution in [0, 0.1) is 5.82 Å². The summed E-state index contributed by atoms with van der Waals surface area (Å²) < 4.78 is 50.8. The number of hydrogen-bond acceptors (Lipinski definition) is 7. The zero-order valence-electron chi connectivity index (χ0n) is 16.8. The standard InChI is InChI=1S/C20H20ClFN4O4S/c1-29-17-9-16-13(8-18(17)30-12-6-7-26(10-12)31(2,27)28)20(24-11-23-16)25-15-5-3-4-14(21)19(15)22/h3-5,8-9,11-12H,6-7,10H2,1-2H3,(H,23,24,25)/t12-/m1/s1. The summed E-state index contributed by atoms with van der Waals surface area (Å²) in [7, 11) is -1.77. The van der Waals surface area contributed by atoms with Crippen LogP contribution in [0.3, 0.4) is 0 Å². The van der Waals surface area contributed by atoms with E-state index in [9.17, 15) is 12.8 Å². The highest BCUT2D eigenvalue weighted by Crippen LogP contribution is 2.36. The number of nitrogens with one attached hydrogen (secondary N) is 1. The Labute approximate surface area is 184 Å². The first-order valence-corrected chi connectivity index (χ1v) is 11.6. The Morgan fingerprint density at radius 3 is 2.77 bits per heavy atom. The summed E-state index contributed by atoms with van der Waals surface area (Å²) in [6.45, 7) is 0.646. The largest absolute Gasteiger partial charge is 0.493 e. The lowest BCUT2D eigenvalue weighted by Crippen LogP contribution is -2.29. The Bertz CT molecular complexity index is 1240. The number of sulfonamides is 1. The molecule has 2 heterocycles. The fourth-order valence-corrected chi connectivity index (χ4v) is 4.47. The summed E-state index contributed by atoms with van der Waals surface area (Å²) in [4.78, 5) is 8.49. The molecule has 2 aromatic carbocycles. The van der Waals surface area contributed by atoms with Gasteiger partial charge in [0.2, 0.25) is 10.0 Å². The van der Waals surface area contributed by atoms with E-state index in [4.69, 9.17) is 21.1 Å². The molecule has 0 spiro atoms. The summed E-state index contributed by atoms with van der Waals surface area (Å²) in [5.41, 5.74) is 0.735. The van der Waals surface area contributed by atoms with Gasteiger partial charge in [0.15, 0.2) is 17.3 Å². The van der Waals surface area contributed by atoms with Gasteiger partial charge in [-0.05, 0) is 24.6 Å². The molecule has 0 unspecified atom stereocenters. The minimum atomic E-state index is -3.28. The van der Waals surface area contributed by atoms with E-state index in [2.05, 4.69) is 15.3 Å². The van der Waals surface area contributed by atoms with Crippen molar-refractivity contribution in [3.8, 4) is 11.5 Å². The average Bonchev–Trinajstić information content (AvgIpc) is 3.20. The molecule has 0 saturated carbocycles. The van der Waals surface area contributed by atoms with Crippen molar-refractivity contribution < 1.29 is 22.3 Å². The number of anilines is 2. The highest BCUT2D eigenvalue weighted by molar-refractivity contribution is 7.88. The van der Waals surface area contributed by atoms with Gasteiger partial charge in [-0.3, -0.25) is 0 Å². The molecule has 0 bridgehead atoms. The summed E-state index contributed by atoms with van der Waals surface area (Å²) in [6.07, 6.45) is 2.76. The van der Waals surface area contributed by atoms with E-state index in [-0.39, 0.29) is 23.4 Å². The van der Waals surface area contributed by atoms with E-state index >= 15 is 0 Å². The molecule has 1 atom stereocenters. The zero-order chi connectivity index (χ0) is 22.2. The molecule has 0 radical (unpaired) electrons. The number of nitrogens with zero attached hydrogens (tertiary/aromatic N) is 3. The quantitative estimate of drug-likeness (QED) is 0.593. The molecule has 1 saturated heterocycles. The SMILES string of the molecule is COc1cc2ncnc(Nc3cccc(Cl)c3F)c2cc1O[C@@H]1CCN(S(C)(=O)=O)C1. The molecule has 4 rings (SSSR count). The molecule has 0 amide bonds. The van der Waals surface area contributed by atoms with E-state index in [1.807, 2.05) is 0 Å². The Kier molecular flexibility index (Phi) is 5.87. The molecule has 3 aromatic rings. The second kappa shape index (κ2) is 8.45.